The molecule has 0 bridgehead atoms. The van der Waals surface area contributed by atoms with E-state index in [1.807, 2.05) is 0 Å². The smallest absolute Gasteiger partial charge is 0.0623 e. The van der Waals surface area contributed by atoms with Gasteiger partial charge in [-0.15, -0.1) is 0 Å². The lowest BCUT2D eigenvalue weighted by Gasteiger charge is -2.31. The van der Waals surface area contributed by atoms with Gasteiger partial charge in [0.15, 0.2) is 0 Å². The number of aryl methyl sites for hydroxylation is 1. The Morgan fingerprint density at radius 1 is 0.480 bits per heavy atom. The van der Waals surface area contributed by atoms with Crippen molar-refractivity contribution in [2.75, 3.05) is 4.90 Å². The highest BCUT2D eigenvalue weighted by Gasteiger charge is 2.39. The molecule has 2 unspecified atom stereocenters. The number of para-hydroxylation sites is 1. The van der Waals surface area contributed by atoms with E-state index >= 15 is 0 Å². The number of anilines is 1. The van der Waals surface area contributed by atoms with Crippen molar-refractivity contribution in [1.82, 2.24) is 4.57 Å². The maximum Gasteiger partial charge on any atom is 0.0623 e. The van der Waals surface area contributed by atoms with E-state index < -0.39 is 0 Å². The van der Waals surface area contributed by atoms with Crippen LogP contribution in [0.4, 0.5) is 5.69 Å². The molecule has 5 aromatic carbocycles. The predicted molar refractivity (Wildman–Crippen MR) is 210 cm³/mol. The van der Waals surface area contributed by atoms with E-state index in [2.05, 4.69) is 155 Å². The van der Waals surface area contributed by atoms with E-state index in [0.717, 1.165) is 6.42 Å². The Bertz CT molecular complexity index is 2310. The summed E-state index contributed by atoms with van der Waals surface area (Å²) >= 11 is 0. The molecule has 0 spiro atoms. The fourth-order valence-corrected chi connectivity index (χ4v) is 9.39. The molecule has 0 saturated heterocycles. The van der Waals surface area contributed by atoms with E-state index in [4.69, 9.17) is 0 Å². The van der Waals surface area contributed by atoms with Crippen molar-refractivity contribution in [3.8, 4) is 39.1 Å². The Hall–Kier alpha value is -5.34. The van der Waals surface area contributed by atoms with Gasteiger partial charge in [-0.3, -0.25) is 0 Å². The number of allylic oxidation sites excluding steroid dienone is 3. The lowest BCUT2D eigenvalue weighted by atomic mass is 9.85. The molecule has 0 fully saturated rings. The summed E-state index contributed by atoms with van der Waals surface area (Å²) in [5.41, 5.74) is 17.7. The van der Waals surface area contributed by atoms with E-state index in [1.165, 1.54) is 106 Å². The molecular weight excluding hydrogens is 605 g/mol. The zero-order valence-corrected chi connectivity index (χ0v) is 28.6. The van der Waals surface area contributed by atoms with Crippen molar-refractivity contribution >= 4 is 16.6 Å². The van der Waals surface area contributed by atoms with E-state index in [9.17, 15) is 0 Å². The number of aromatic nitrogens is 1. The molecule has 2 heteroatoms. The van der Waals surface area contributed by atoms with E-state index in [0.29, 0.717) is 12.0 Å². The summed E-state index contributed by atoms with van der Waals surface area (Å²) in [6.07, 6.45) is 19.2. The van der Waals surface area contributed by atoms with Crippen molar-refractivity contribution < 1.29 is 0 Å². The van der Waals surface area contributed by atoms with E-state index in [1.54, 1.807) is 16.8 Å². The monoisotopic (exact) mass is 646 g/mol. The third-order valence-electron chi connectivity index (χ3n) is 11.7. The highest BCUT2D eigenvalue weighted by Crippen LogP contribution is 2.47. The van der Waals surface area contributed by atoms with Crippen molar-refractivity contribution in [3.63, 3.8) is 0 Å². The van der Waals surface area contributed by atoms with Crippen molar-refractivity contribution in [3.05, 3.63) is 168 Å². The first-order chi connectivity index (χ1) is 24.8. The number of hydrogen-bond donors (Lipinski definition) is 0. The Morgan fingerprint density at radius 2 is 1.08 bits per heavy atom. The number of fused-ring (bicyclic) bond motifs is 5. The molecule has 2 nitrogen and oxygen atoms in total. The van der Waals surface area contributed by atoms with Crippen LogP contribution >= 0.6 is 0 Å². The van der Waals surface area contributed by atoms with Crippen LogP contribution in [0.1, 0.15) is 49.8 Å². The Balaban J connectivity index is 1.02. The third-order valence-corrected chi connectivity index (χ3v) is 11.7. The Kier molecular flexibility index (Phi) is 7.22. The first-order valence-electron chi connectivity index (χ1n) is 18.7. The van der Waals surface area contributed by atoms with Crippen LogP contribution in [0.25, 0.3) is 50.0 Å². The largest absolute Gasteiger partial charge is 0.337 e. The molecule has 2 heterocycles. The molecule has 0 N–H and O–H groups in total. The van der Waals surface area contributed by atoms with Crippen LogP contribution < -0.4 is 4.90 Å². The zero-order chi connectivity index (χ0) is 33.0. The number of nitrogens with zero attached hydrogens (tertiary/aromatic N) is 2. The highest BCUT2D eigenvalue weighted by atomic mass is 15.2. The number of hydrogen-bond acceptors (Lipinski definition) is 1. The molecule has 0 amide bonds. The maximum absolute atomic E-state index is 2.64. The van der Waals surface area contributed by atoms with Crippen molar-refractivity contribution in [1.29, 1.82) is 0 Å². The fraction of sp³-hybridized carbons (Fsp3) is 0.208. The summed E-state index contributed by atoms with van der Waals surface area (Å²) in [7, 11) is 0. The predicted octanol–water partition coefficient (Wildman–Crippen LogP) is 12.3. The molecule has 244 valence electrons. The second-order valence-corrected chi connectivity index (χ2v) is 14.6. The number of rotatable bonds is 5. The van der Waals surface area contributed by atoms with Crippen LogP contribution in [-0.2, 0) is 12.8 Å². The van der Waals surface area contributed by atoms with Gasteiger partial charge in [-0.2, -0.15) is 0 Å². The lowest BCUT2D eigenvalue weighted by molar-refractivity contribution is 0.633. The molecule has 50 heavy (non-hydrogen) atoms. The molecule has 1 aliphatic heterocycles. The van der Waals surface area contributed by atoms with Crippen molar-refractivity contribution in [2.24, 2.45) is 5.92 Å². The van der Waals surface area contributed by atoms with Crippen LogP contribution in [0.5, 0.6) is 0 Å². The first kappa shape index (κ1) is 29.6. The Morgan fingerprint density at radius 3 is 1.84 bits per heavy atom. The van der Waals surface area contributed by atoms with Gasteiger partial charge in [-0.25, -0.2) is 0 Å². The minimum absolute atomic E-state index is 0.403. The highest BCUT2D eigenvalue weighted by molar-refractivity contribution is 5.88. The summed E-state index contributed by atoms with van der Waals surface area (Å²) in [6, 6.07) is 46.0. The first-order valence-corrected chi connectivity index (χ1v) is 18.7. The molecule has 6 aromatic rings. The van der Waals surface area contributed by atoms with Crippen LogP contribution in [0.3, 0.4) is 0 Å². The summed E-state index contributed by atoms with van der Waals surface area (Å²) in [5, 5.41) is 1.42. The van der Waals surface area contributed by atoms with Crippen LogP contribution in [0.15, 0.2) is 157 Å². The SMILES string of the molecule is C1=CC2C3=C(CCCC3)N(c3ccc(-c4cc(-c5ccccc5)cc(-c5ccc(-n6c7c(c8ccccc86)CCCC7)cc5)c4)cc3)C2C=C1. The molecular formula is C48H42N2. The third kappa shape index (κ3) is 4.92. The summed E-state index contributed by atoms with van der Waals surface area (Å²) < 4.78 is 2.52. The van der Waals surface area contributed by atoms with Crippen LogP contribution in [0, 0.1) is 5.92 Å². The summed E-state index contributed by atoms with van der Waals surface area (Å²) in [4.78, 5) is 2.64. The van der Waals surface area contributed by atoms with Crippen molar-refractivity contribution in [2.45, 2.75) is 57.4 Å². The lowest BCUT2D eigenvalue weighted by Crippen LogP contribution is -2.32. The van der Waals surface area contributed by atoms with Gasteiger partial charge in [-0.1, -0.05) is 97.1 Å². The average Bonchev–Trinajstić information content (AvgIpc) is 3.71. The second kappa shape index (κ2) is 12.2. The molecule has 1 aromatic heterocycles. The zero-order valence-electron chi connectivity index (χ0n) is 28.6. The normalized spacial score (nSPS) is 19.5. The molecule has 3 aliphatic carbocycles. The standard InChI is InChI=1S/C48H42N2/c1-2-12-33(13-3-1)36-30-37(34-22-26-39(27-23-34)49-45-18-8-4-14-41(45)42-15-5-9-19-46(42)49)32-38(31-36)35-24-28-40(29-25-35)50-47-20-10-6-16-43(47)44-17-7-11-21-48(44)50/h1-4,6,8,10,12-14,16,18,20,22-32,41,45H,5,7,9,11,15,17,19,21H2. The quantitative estimate of drug-likeness (QED) is 0.181. The molecule has 0 saturated carbocycles. The van der Waals surface area contributed by atoms with Gasteiger partial charge >= 0.3 is 0 Å². The Labute approximate surface area is 295 Å². The van der Waals surface area contributed by atoms with Gasteiger partial charge in [0.1, 0.15) is 0 Å². The fourth-order valence-electron chi connectivity index (χ4n) is 9.39. The molecule has 4 aliphatic rings. The number of benzene rings is 5. The van der Waals surface area contributed by atoms with Gasteiger partial charge in [0.05, 0.1) is 11.6 Å². The minimum Gasteiger partial charge on any atom is -0.337 e. The second-order valence-electron chi connectivity index (χ2n) is 14.6. The van der Waals surface area contributed by atoms with Gasteiger partial charge in [-0.05, 0) is 144 Å². The topological polar surface area (TPSA) is 8.17 Å². The van der Waals surface area contributed by atoms with Crippen LogP contribution in [0.2, 0.25) is 0 Å². The van der Waals surface area contributed by atoms with Gasteiger partial charge in [0.25, 0.3) is 0 Å². The molecule has 10 rings (SSSR count). The maximum atomic E-state index is 2.64. The molecule has 0 radical (unpaired) electrons. The van der Waals surface area contributed by atoms with Gasteiger partial charge < -0.3 is 9.47 Å². The van der Waals surface area contributed by atoms with E-state index in [-0.39, 0.29) is 0 Å². The van der Waals surface area contributed by atoms with Crippen LogP contribution in [-0.4, -0.2) is 10.6 Å². The minimum atomic E-state index is 0.403. The molecule has 2 atom stereocenters. The van der Waals surface area contributed by atoms with Gasteiger partial charge in [0, 0.05) is 34.1 Å². The summed E-state index contributed by atoms with van der Waals surface area (Å²) in [6.45, 7) is 0. The van der Waals surface area contributed by atoms with Gasteiger partial charge in [0.2, 0.25) is 0 Å². The average molecular weight is 647 g/mol. The summed E-state index contributed by atoms with van der Waals surface area (Å²) in [5.74, 6) is 0.521.